The highest BCUT2D eigenvalue weighted by Crippen LogP contribution is 2.15. The number of carboxylic acids is 1. The SMILES string of the molecule is O=C(O)c1c2c(n[nH]c1=O)CCOC2. The Kier molecular flexibility index (Phi) is 2.05. The second-order valence-corrected chi connectivity index (χ2v) is 2.96. The number of aromatic carboxylic acids is 1. The summed E-state index contributed by atoms with van der Waals surface area (Å²) in [5.41, 5.74) is 0.0669. The summed E-state index contributed by atoms with van der Waals surface area (Å²) in [4.78, 5) is 22.0. The third kappa shape index (κ3) is 1.29. The van der Waals surface area contributed by atoms with Gasteiger partial charge < -0.3 is 9.84 Å². The van der Waals surface area contributed by atoms with Gasteiger partial charge in [0.25, 0.3) is 5.56 Å². The van der Waals surface area contributed by atoms with E-state index in [9.17, 15) is 9.59 Å². The average Bonchev–Trinajstić information content (AvgIpc) is 2.17. The van der Waals surface area contributed by atoms with Crippen LogP contribution in [0.1, 0.15) is 21.6 Å². The molecule has 2 N–H and O–H groups in total. The summed E-state index contributed by atoms with van der Waals surface area (Å²) in [6.07, 6.45) is 0.534. The quantitative estimate of drug-likeness (QED) is 0.634. The van der Waals surface area contributed by atoms with E-state index in [2.05, 4.69) is 10.2 Å². The molecule has 0 fully saturated rings. The van der Waals surface area contributed by atoms with E-state index in [4.69, 9.17) is 9.84 Å². The first-order valence-electron chi connectivity index (χ1n) is 4.11. The molecule has 0 radical (unpaired) electrons. The van der Waals surface area contributed by atoms with Gasteiger partial charge in [-0.05, 0) is 0 Å². The van der Waals surface area contributed by atoms with Gasteiger partial charge in [-0.2, -0.15) is 5.10 Å². The Morgan fingerprint density at radius 2 is 2.36 bits per heavy atom. The number of aromatic amines is 1. The van der Waals surface area contributed by atoms with Gasteiger partial charge in [-0.1, -0.05) is 0 Å². The molecule has 2 rings (SSSR count). The lowest BCUT2D eigenvalue weighted by Crippen LogP contribution is -2.27. The van der Waals surface area contributed by atoms with Crippen molar-refractivity contribution in [1.29, 1.82) is 0 Å². The van der Waals surface area contributed by atoms with Gasteiger partial charge in [0.1, 0.15) is 5.56 Å². The minimum absolute atomic E-state index is 0.147. The number of hydrogen-bond donors (Lipinski definition) is 2. The topological polar surface area (TPSA) is 92.3 Å². The number of nitrogens with zero attached hydrogens (tertiary/aromatic N) is 1. The fraction of sp³-hybridized carbons (Fsp3) is 0.375. The number of nitrogens with one attached hydrogen (secondary N) is 1. The van der Waals surface area contributed by atoms with Crippen molar-refractivity contribution in [3.05, 3.63) is 27.2 Å². The summed E-state index contributed by atoms with van der Waals surface area (Å²) in [6.45, 7) is 0.652. The molecule has 6 nitrogen and oxygen atoms in total. The first-order chi connectivity index (χ1) is 6.70. The van der Waals surface area contributed by atoms with Crippen LogP contribution >= 0.6 is 0 Å². The summed E-state index contributed by atoms with van der Waals surface area (Å²) >= 11 is 0. The predicted molar refractivity (Wildman–Crippen MR) is 45.2 cm³/mol. The zero-order valence-electron chi connectivity index (χ0n) is 7.24. The summed E-state index contributed by atoms with van der Waals surface area (Å²) in [5, 5.41) is 14.8. The monoisotopic (exact) mass is 196 g/mol. The summed E-state index contributed by atoms with van der Waals surface area (Å²) < 4.78 is 5.09. The van der Waals surface area contributed by atoms with E-state index in [1.807, 2.05) is 0 Å². The Morgan fingerprint density at radius 1 is 1.57 bits per heavy atom. The first kappa shape index (κ1) is 8.89. The Hall–Kier alpha value is -1.69. The molecule has 0 amide bonds. The molecule has 0 saturated heterocycles. The molecule has 74 valence electrons. The Bertz CT molecular complexity index is 437. The largest absolute Gasteiger partial charge is 0.477 e. The molecule has 6 heteroatoms. The Labute approximate surface area is 78.5 Å². The van der Waals surface area contributed by atoms with Crippen molar-refractivity contribution in [3.63, 3.8) is 0 Å². The van der Waals surface area contributed by atoms with Crippen molar-refractivity contribution in [2.24, 2.45) is 0 Å². The van der Waals surface area contributed by atoms with Crippen LogP contribution in [0.3, 0.4) is 0 Å². The molecule has 2 heterocycles. The number of hydrogen-bond acceptors (Lipinski definition) is 4. The van der Waals surface area contributed by atoms with Crippen molar-refractivity contribution < 1.29 is 14.6 Å². The number of fused-ring (bicyclic) bond motifs is 1. The van der Waals surface area contributed by atoms with Crippen LogP contribution in [0.5, 0.6) is 0 Å². The number of carbonyl (C=O) groups is 1. The van der Waals surface area contributed by atoms with Crippen LogP contribution < -0.4 is 5.56 Å². The lowest BCUT2D eigenvalue weighted by atomic mass is 10.1. The lowest BCUT2D eigenvalue weighted by Gasteiger charge is -2.15. The Morgan fingerprint density at radius 3 is 3.07 bits per heavy atom. The van der Waals surface area contributed by atoms with E-state index < -0.39 is 11.5 Å². The van der Waals surface area contributed by atoms with E-state index in [0.29, 0.717) is 24.3 Å². The highest BCUT2D eigenvalue weighted by molar-refractivity contribution is 5.89. The van der Waals surface area contributed by atoms with Crippen LogP contribution in [-0.4, -0.2) is 27.9 Å². The van der Waals surface area contributed by atoms with Crippen LogP contribution in [-0.2, 0) is 17.8 Å². The summed E-state index contributed by atoms with van der Waals surface area (Å²) in [7, 11) is 0. The molecule has 0 aromatic carbocycles. The number of ether oxygens (including phenoxy) is 1. The van der Waals surface area contributed by atoms with Crippen molar-refractivity contribution in [2.75, 3.05) is 6.61 Å². The van der Waals surface area contributed by atoms with Gasteiger partial charge in [-0.3, -0.25) is 4.79 Å². The van der Waals surface area contributed by atoms with Crippen molar-refractivity contribution in [2.45, 2.75) is 13.0 Å². The average molecular weight is 196 g/mol. The van der Waals surface area contributed by atoms with Gasteiger partial charge >= 0.3 is 5.97 Å². The van der Waals surface area contributed by atoms with Crippen molar-refractivity contribution in [3.8, 4) is 0 Å². The van der Waals surface area contributed by atoms with Crippen LogP contribution in [0.15, 0.2) is 4.79 Å². The lowest BCUT2D eigenvalue weighted by molar-refractivity contribution is 0.0677. The molecule has 1 aromatic rings. The van der Waals surface area contributed by atoms with E-state index >= 15 is 0 Å². The van der Waals surface area contributed by atoms with Gasteiger partial charge in [0.15, 0.2) is 0 Å². The number of carboxylic acid groups (broad SMARTS) is 1. The highest BCUT2D eigenvalue weighted by Gasteiger charge is 2.22. The number of aromatic nitrogens is 2. The molecule has 1 aliphatic rings. The molecular formula is C8H8N2O4. The van der Waals surface area contributed by atoms with E-state index in [1.165, 1.54) is 0 Å². The maximum absolute atomic E-state index is 11.2. The van der Waals surface area contributed by atoms with Crippen molar-refractivity contribution in [1.82, 2.24) is 10.2 Å². The smallest absolute Gasteiger partial charge is 0.341 e. The normalized spacial score (nSPS) is 14.9. The van der Waals surface area contributed by atoms with E-state index in [1.54, 1.807) is 0 Å². The highest BCUT2D eigenvalue weighted by atomic mass is 16.5. The first-order valence-corrected chi connectivity index (χ1v) is 4.11. The molecule has 0 bridgehead atoms. The molecule has 0 aliphatic carbocycles. The fourth-order valence-electron chi connectivity index (χ4n) is 1.45. The van der Waals surface area contributed by atoms with Gasteiger partial charge in [-0.25, -0.2) is 9.89 Å². The summed E-state index contributed by atoms with van der Waals surface area (Å²) in [5.74, 6) is -1.24. The predicted octanol–water partition coefficient (Wildman–Crippen LogP) is -0.459. The minimum atomic E-state index is -1.24. The molecule has 1 aromatic heterocycles. The zero-order chi connectivity index (χ0) is 10.1. The van der Waals surface area contributed by atoms with E-state index in [0.717, 1.165) is 0 Å². The third-order valence-electron chi connectivity index (χ3n) is 2.11. The van der Waals surface area contributed by atoms with Crippen LogP contribution in [0, 0.1) is 0 Å². The second-order valence-electron chi connectivity index (χ2n) is 2.96. The van der Waals surface area contributed by atoms with Crippen LogP contribution in [0.2, 0.25) is 0 Å². The number of rotatable bonds is 1. The van der Waals surface area contributed by atoms with Crippen LogP contribution in [0.25, 0.3) is 0 Å². The van der Waals surface area contributed by atoms with Gasteiger partial charge in [-0.15, -0.1) is 0 Å². The standard InChI is InChI=1S/C8H8N2O4/c11-7-6(8(12)13)4-3-14-2-1-5(4)9-10-7/h1-3H2,(H,10,11)(H,12,13). The minimum Gasteiger partial charge on any atom is -0.477 e. The van der Waals surface area contributed by atoms with Gasteiger partial charge in [0, 0.05) is 12.0 Å². The fourth-order valence-corrected chi connectivity index (χ4v) is 1.45. The maximum atomic E-state index is 11.2. The molecular weight excluding hydrogens is 188 g/mol. The molecule has 0 unspecified atom stereocenters. The van der Waals surface area contributed by atoms with Gasteiger partial charge in [0.2, 0.25) is 0 Å². The zero-order valence-corrected chi connectivity index (χ0v) is 7.24. The molecule has 0 spiro atoms. The van der Waals surface area contributed by atoms with Crippen LogP contribution in [0.4, 0.5) is 0 Å². The van der Waals surface area contributed by atoms with Gasteiger partial charge in [0.05, 0.1) is 18.9 Å². The Balaban J connectivity index is 2.67. The summed E-state index contributed by atoms with van der Waals surface area (Å²) in [6, 6.07) is 0. The molecule has 0 saturated carbocycles. The number of H-pyrrole nitrogens is 1. The maximum Gasteiger partial charge on any atom is 0.341 e. The van der Waals surface area contributed by atoms with Crippen molar-refractivity contribution >= 4 is 5.97 Å². The van der Waals surface area contributed by atoms with E-state index in [-0.39, 0.29) is 12.2 Å². The molecule has 1 aliphatic heterocycles. The second kappa shape index (κ2) is 3.22. The molecule has 0 atom stereocenters. The molecule has 14 heavy (non-hydrogen) atoms. The third-order valence-corrected chi connectivity index (χ3v) is 2.11.